The van der Waals surface area contributed by atoms with Crippen LogP contribution in [0.2, 0.25) is 0 Å². The number of H-pyrrole nitrogens is 1. The Hall–Kier alpha value is -1.44. The van der Waals surface area contributed by atoms with Crippen LogP contribution >= 0.6 is 0 Å². The molecule has 0 aliphatic heterocycles. The smallest absolute Gasteiger partial charge is 0.119 e. The predicted molar refractivity (Wildman–Crippen MR) is 70.2 cm³/mol. The molecule has 2 heteroatoms. The van der Waals surface area contributed by atoms with E-state index in [4.69, 9.17) is 4.74 Å². The van der Waals surface area contributed by atoms with E-state index in [-0.39, 0.29) is 0 Å². The van der Waals surface area contributed by atoms with Gasteiger partial charge in [-0.25, -0.2) is 0 Å². The lowest BCUT2D eigenvalue weighted by Crippen LogP contribution is -1.83. The fourth-order valence-electron chi connectivity index (χ4n) is 1.76. The van der Waals surface area contributed by atoms with Gasteiger partial charge in [0.25, 0.3) is 0 Å². The lowest BCUT2D eigenvalue weighted by molar-refractivity contribution is 0.415. The lowest BCUT2D eigenvalue weighted by Gasteiger charge is -2.00. The van der Waals surface area contributed by atoms with Crippen molar-refractivity contribution >= 4 is 10.9 Å². The zero-order valence-electron chi connectivity index (χ0n) is 10.6. The number of aryl methyl sites for hydroxylation is 1. The van der Waals surface area contributed by atoms with Crippen LogP contribution in [0.4, 0.5) is 0 Å². The average Bonchev–Trinajstić information content (AvgIpc) is 2.75. The van der Waals surface area contributed by atoms with E-state index in [1.54, 1.807) is 7.11 Å². The van der Waals surface area contributed by atoms with Crippen LogP contribution in [0.5, 0.6) is 5.75 Å². The number of aromatic amines is 1. The van der Waals surface area contributed by atoms with Gasteiger partial charge in [0.1, 0.15) is 5.75 Å². The van der Waals surface area contributed by atoms with E-state index in [1.807, 2.05) is 19.9 Å². The molecule has 0 saturated heterocycles. The van der Waals surface area contributed by atoms with E-state index in [1.165, 1.54) is 22.9 Å². The van der Waals surface area contributed by atoms with Crippen LogP contribution in [-0.2, 0) is 6.42 Å². The Balaban J connectivity index is 0.000000606. The molecule has 16 heavy (non-hydrogen) atoms. The summed E-state index contributed by atoms with van der Waals surface area (Å²) in [5, 5.41) is 1.28. The molecule has 0 radical (unpaired) electrons. The van der Waals surface area contributed by atoms with E-state index in [9.17, 15) is 0 Å². The third-order valence-electron chi connectivity index (χ3n) is 2.49. The zero-order chi connectivity index (χ0) is 12.0. The summed E-state index contributed by atoms with van der Waals surface area (Å²) >= 11 is 0. The molecule has 0 aliphatic carbocycles. The molecule has 1 aromatic heterocycles. The van der Waals surface area contributed by atoms with Crippen molar-refractivity contribution in [3.63, 3.8) is 0 Å². The highest BCUT2D eigenvalue weighted by Crippen LogP contribution is 2.24. The van der Waals surface area contributed by atoms with Crippen molar-refractivity contribution < 1.29 is 4.74 Å². The predicted octanol–water partition coefficient (Wildman–Crippen LogP) is 4.16. The monoisotopic (exact) mass is 219 g/mol. The second-order valence-corrected chi connectivity index (χ2v) is 3.48. The molecule has 2 rings (SSSR count). The maximum absolute atomic E-state index is 5.21. The molecule has 0 spiro atoms. The summed E-state index contributed by atoms with van der Waals surface area (Å²) in [5.74, 6) is 0.925. The Morgan fingerprint density at radius 3 is 2.62 bits per heavy atom. The van der Waals surface area contributed by atoms with E-state index in [2.05, 4.69) is 30.2 Å². The second-order valence-electron chi connectivity index (χ2n) is 3.48. The fraction of sp³-hybridized carbons (Fsp3) is 0.429. The Morgan fingerprint density at radius 2 is 2.00 bits per heavy atom. The Morgan fingerprint density at radius 1 is 1.25 bits per heavy atom. The van der Waals surface area contributed by atoms with Crippen molar-refractivity contribution in [3.8, 4) is 5.75 Å². The Kier molecular flexibility index (Phi) is 4.90. The zero-order valence-corrected chi connectivity index (χ0v) is 10.6. The standard InChI is InChI=1S/C12H15NO.C2H6/c1-3-4-9-8-13-12-6-5-10(14-2)7-11(9)12;1-2/h5-8,13H,3-4H2,1-2H3;1-2H3. The molecule has 0 atom stereocenters. The first kappa shape index (κ1) is 12.6. The fourth-order valence-corrected chi connectivity index (χ4v) is 1.76. The molecule has 1 heterocycles. The summed E-state index contributed by atoms with van der Waals surface area (Å²) in [6, 6.07) is 6.14. The van der Waals surface area contributed by atoms with E-state index in [0.717, 1.165) is 12.2 Å². The number of fused-ring (bicyclic) bond motifs is 1. The van der Waals surface area contributed by atoms with Crippen molar-refractivity contribution in [2.24, 2.45) is 0 Å². The number of ether oxygens (including phenoxy) is 1. The van der Waals surface area contributed by atoms with Gasteiger partial charge in [0.05, 0.1) is 7.11 Å². The maximum atomic E-state index is 5.21. The van der Waals surface area contributed by atoms with Crippen molar-refractivity contribution in [3.05, 3.63) is 30.0 Å². The molecule has 0 bridgehead atoms. The third kappa shape index (κ3) is 2.57. The number of hydrogen-bond donors (Lipinski definition) is 1. The van der Waals surface area contributed by atoms with Gasteiger partial charge in [0.15, 0.2) is 0 Å². The summed E-state index contributed by atoms with van der Waals surface area (Å²) in [5.41, 5.74) is 2.57. The van der Waals surface area contributed by atoms with E-state index in [0.29, 0.717) is 0 Å². The molecule has 88 valence electrons. The highest BCUT2D eigenvalue weighted by atomic mass is 16.5. The topological polar surface area (TPSA) is 25.0 Å². The van der Waals surface area contributed by atoms with Gasteiger partial charge in [-0.1, -0.05) is 27.2 Å². The van der Waals surface area contributed by atoms with Gasteiger partial charge in [0.2, 0.25) is 0 Å². The lowest BCUT2D eigenvalue weighted by atomic mass is 10.1. The SMILES string of the molecule is CC.CCCc1c[nH]c2ccc(OC)cc12. The first-order chi connectivity index (χ1) is 7.85. The van der Waals surface area contributed by atoms with Gasteiger partial charge in [-0.05, 0) is 30.2 Å². The van der Waals surface area contributed by atoms with Crippen LogP contribution in [0.15, 0.2) is 24.4 Å². The number of hydrogen-bond acceptors (Lipinski definition) is 1. The van der Waals surface area contributed by atoms with E-state index < -0.39 is 0 Å². The molecule has 0 unspecified atom stereocenters. The minimum atomic E-state index is 0.925. The first-order valence-corrected chi connectivity index (χ1v) is 5.99. The van der Waals surface area contributed by atoms with Gasteiger partial charge in [-0.2, -0.15) is 0 Å². The molecule has 0 fully saturated rings. The highest BCUT2D eigenvalue weighted by Gasteiger charge is 2.03. The molecule has 2 nitrogen and oxygen atoms in total. The van der Waals surface area contributed by atoms with Crippen LogP contribution in [0.25, 0.3) is 10.9 Å². The van der Waals surface area contributed by atoms with Crippen LogP contribution in [0.3, 0.4) is 0 Å². The number of rotatable bonds is 3. The average molecular weight is 219 g/mol. The summed E-state index contributed by atoms with van der Waals surface area (Å²) < 4.78 is 5.21. The van der Waals surface area contributed by atoms with Crippen LogP contribution < -0.4 is 4.74 Å². The molecular weight excluding hydrogens is 198 g/mol. The first-order valence-electron chi connectivity index (χ1n) is 5.99. The summed E-state index contributed by atoms with van der Waals surface area (Å²) in [6.45, 7) is 6.19. The van der Waals surface area contributed by atoms with Crippen molar-refractivity contribution in [2.75, 3.05) is 7.11 Å². The van der Waals surface area contributed by atoms with Crippen molar-refractivity contribution in [1.29, 1.82) is 0 Å². The van der Waals surface area contributed by atoms with E-state index >= 15 is 0 Å². The number of aromatic nitrogens is 1. The Bertz CT molecular complexity index is 431. The maximum Gasteiger partial charge on any atom is 0.119 e. The summed E-state index contributed by atoms with van der Waals surface area (Å²) in [4.78, 5) is 3.27. The molecule has 1 N–H and O–H groups in total. The van der Waals surface area contributed by atoms with Crippen molar-refractivity contribution in [1.82, 2.24) is 4.98 Å². The molecular formula is C14H21NO. The van der Waals surface area contributed by atoms with Gasteiger partial charge < -0.3 is 9.72 Å². The summed E-state index contributed by atoms with van der Waals surface area (Å²) in [7, 11) is 1.70. The van der Waals surface area contributed by atoms with Gasteiger partial charge >= 0.3 is 0 Å². The van der Waals surface area contributed by atoms with Gasteiger partial charge in [-0.3, -0.25) is 0 Å². The van der Waals surface area contributed by atoms with Crippen molar-refractivity contribution in [2.45, 2.75) is 33.6 Å². The second kappa shape index (κ2) is 6.21. The molecule has 1 aromatic carbocycles. The van der Waals surface area contributed by atoms with Crippen LogP contribution in [-0.4, -0.2) is 12.1 Å². The molecule has 0 aliphatic rings. The quantitative estimate of drug-likeness (QED) is 0.824. The largest absolute Gasteiger partial charge is 0.497 e. The Labute approximate surface area is 97.6 Å². The minimum absolute atomic E-state index is 0.925. The number of nitrogens with one attached hydrogen (secondary N) is 1. The third-order valence-corrected chi connectivity index (χ3v) is 2.49. The highest BCUT2D eigenvalue weighted by molar-refractivity contribution is 5.84. The minimum Gasteiger partial charge on any atom is -0.497 e. The normalized spacial score (nSPS) is 9.75. The van der Waals surface area contributed by atoms with Gasteiger partial charge in [0, 0.05) is 17.1 Å². The van der Waals surface area contributed by atoms with Gasteiger partial charge in [-0.15, -0.1) is 0 Å². The molecule has 0 amide bonds. The van der Waals surface area contributed by atoms with Crippen LogP contribution in [0, 0.1) is 0 Å². The molecule has 2 aromatic rings. The number of benzene rings is 1. The molecule has 0 saturated carbocycles. The summed E-state index contributed by atoms with van der Waals surface area (Å²) in [6.07, 6.45) is 4.38. The van der Waals surface area contributed by atoms with Crippen LogP contribution in [0.1, 0.15) is 32.8 Å². The number of methoxy groups -OCH3 is 1.